The van der Waals surface area contributed by atoms with Crippen LogP contribution in [-0.2, 0) is 5.54 Å². The summed E-state index contributed by atoms with van der Waals surface area (Å²) in [6.45, 7) is 9.23. The predicted molar refractivity (Wildman–Crippen MR) is 104 cm³/mol. The van der Waals surface area contributed by atoms with Crippen LogP contribution in [0.5, 0.6) is 5.75 Å². The molecule has 3 fully saturated rings. The van der Waals surface area contributed by atoms with Crippen molar-refractivity contribution in [2.45, 2.75) is 58.1 Å². The van der Waals surface area contributed by atoms with Crippen molar-refractivity contribution in [1.82, 2.24) is 20.4 Å². The Kier molecular flexibility index (Phi) is 4.77. The predicted octanol–water partition coefficient (Wildman–Crippen LogP) is 3.60. The first kappa shape index (κ1) is 18.8. The molecule has 28 heavy (non-hydrogen) atoms. The van der Waals surface area contributed by atoms with Crippen LogP contribution in [-0.4, -0.2) is 40.3 Å². The fourth-order valence-corrected chi connectivity index (χ4v) is 4.26. The summed E-state index contributed by atoms with van der Waals surface area (Å²) in [6, 6.07) is 8.03. The standard InChI is InChI=1S/C21H28N4O3/c1-13(2)17-5-7-18(8-6-17)27-14(3)11-22-20(26)25-12-16-9-21(25,10-16)19-24-23-15(4)28-19/h5-8,13-14,16H,9-12H2,1-4H3,(H,22,26). The Balaban J connectivity index is 1.33. The lowest BCUT2D eigenvalue weighted by Crippen LogP contribution is -2.51. The summed E-state index contributed by atoms with van der Waals surface area (Å²) >= 11 is 0. The minimum Gasteiger partial charge on any atom is -0.489 e. The highest BCUT2D eigenvalue weighted by molar-refractivity contribution is 5.76. The van der Waals surface area contributed by atoms with E-state index in [0.717, 1.165) is 25.1 Å². The first-order valence-corrected chi connectivity index (χ1v) is 10.00. The molecule has 3 heterocycles. The van der Waals surface area contributed by atoms with Crippen LogP contribution in [0.4, 0.5) is 4.79 Å². The molecule has 2 aliphatic heterocycles. The van der Waals surface area contributed by atoms with E-state index in [1.165, 1.54) is 5.56 Å². The van der Waals surface area contributed by atoms with E-state index < -0.39 is 5.54 Å². The molecule has 1 atom stereocenters. The van der Waals surface area contributed by atoms with Gasteiger partial charge in [0.15, 0.2) is 0 Å². The number of hydrogen-bond acceptors (Lipinski definition) is 5. The Bertz CT molecular complexity index is 840. The number of rotatable bonds is 6. The lowest BCUT2D eigenvalue weighted by atomic mass is 9.73. The molecular weight excluding hydrogens is 356 g/mol. The number of hydrogen-bond donors (Lipinski definition) is 1. The number of aromatic nitrogens is 2. The number of nitrogens with zero attached hydrogens (tertiary/aromatic N) is 3. The van der Waals surface area contributed by atoms with Crippen LogP contribution in [0.1, 0.15) is 56.9 Å². The van der Waals surface area contributed by atoms with Crippen LogP contribution >= 0.6 is 0 Å². The molecule has 0 radical (unpaired) electrons. The minimum absolute atomic E-state index is 0.0959. The molecule has 7 heteroatoms. The van der Waals surface area contributed by atoms with E-state index in [1.54, 1.807) is 6.92 Å². The van der Waals surface area contributed by atoms with Gasteiger partial charge in [0.25, 0.3) is 0 Å². The van der Waals surface area contributed by atoms with Crippen LogP contribution in [0.3, 0.4) is 0 Å². The molecule has 2 aromatic rings. The second-order valence-corrected chi connectivity index (χ2v) is 8.38. The average molecular weight is 384 g/mol. The monoisotopic (exact) mass is 384 g/mol. The summed E-state index contributed by atoms with van der Waals surface area (Å²) in [6.07, 6.45) is 1.67. The number of ether oxygens (including phenoxy) is 1. The summed E-state index contributed by atoms with van der Waals surface area (Å²) in [4.78, 5) is 14.7. The van der Waals surface area contributed by atoms with E-state index in [9.17, 15) is 4.79 Å². The molecule has 3 aliphatic rings. The second kappa shape index (κ2) is 7.11. The average Bonchev–Trinajstić information content (AvgIpc) is 3.32. The SMILES string of the molecule is Cc1nnc(C23CC(CN2C(=O)NCC(C)Oc2ccc(C(C)C)cc2)C3)o1. The van der Waals surface area contributed by atoms with E-state index in [0.29, 0.717) is 30.2 Å². The van der Waals surface area contributed by atoms with E-state index in [-0.39, 0.29) is 12.1 Å². The van der Waals surface area contributed by atoms with Crippen molar-refractivity contribution < 1.29 is 13.9 Å². The van der Waals surface area contributed by atoms with Crippen molar-refractivity contribution in [2.24, 2.45) is 5.92 Å². The van der Waals surface area contributed by atoms with Gasteiger partial charge in [-0.1, -0.05) is 26.0 Å². The van der Waals surface area contributed by atoms with Crippen molar-refractivity contribution in [3.05, 3.63) is 41.6 Å². The normalized spacial score (nSPS) is 24.2. The van der Waals surface area contributed by atoms with Gasteiger partial charge in [0.1, 0.15) is 17.4 Å². The molecule has 2 amide bonds. The van der Waals surface area contributed by atoms with Gasteiger partial charge in [-0.2, -0.15) is 0 Å². The third-order valence-corrected chi connectivity index (χ3v) is 5.80. The van der Waals surface area contributed by atoms with Crippen LogP contribution in [0, 0.1) is 12.8 Å². The molecule has 2 saturated heterocycles. The van der Waals surface area contributed by atoms with Gasteiger partial charge in [-0.25, -0.2) is 4.79 Å². The fourth-order valence-electron chi connectivity index (χ4n) is 4.26. The van der Waals surface area contributed by atoms with E-state index in [2.05, 4.69) is 41.5 Å². The third-order valence-electron chi connectivity index (χ3n) is 5.80. The Morgan fingerprint density at radius 3 is 2.61 bits per heavy atom. The van der Waals surface area contributed by atoms with Crippen LogP contribution in [0.15, 0.2) is 28.7 Å². The molecule has 1 unspecified atom stereocenters. The summed E-state index contributed by atoms with van der Waals surface area (Å²) in [5.41, 5.74) is 0.857. The van der Waals surface area contributed by atoms with Gasteiger partial charge in [-0.05, 0) is 49.3 Å². The van der Waals surface area contributed by atoms with E-state index >= 15 is 0 Å². The van der Waals surface area contributed by atoms with Crippen molar-refractivity contribution >= 4 is 6.03 Å². The second-order valence-electron chi connectivity index (χ2n) is 8.38. The fraction of sp³-hybridized carbons (Fsp3) is 0.571. The number of fused-ring (bicyclic) bond motifs is 1. The maximum Gasteiger partial charge on any atom is 0.318 e. The van der Waals surface area contributed by atoms with Gasteiger partial charge in [-0.3, -0.25) is 0 Å². The van der Waals surface area contributed by atoms with Crippen LogP contribution in [0.2, 0.25) is 0 Å². The molecule has 1 aliphatic carbocycles. The molecule has 1 aromatic carbocycles. The third kappa shape index (κ3) is 3.34. The molecular formula is C21H28N4O3. The van der Waals surface area contributed by atoms with Crippen molar-refractivity contribution in [3.8, 4) is 5.75 Å². The Morgan fingerprint density at radius 1 is 1.29 bits per heavy atom. The molecule has 1 aromatic heterocycles. The summed E-state index contributed by atoms with van der Waals surface area (Å²) in [5.74, 6) is 2.92. The zero-order chi connectivity index (χ0) is 19.9. The van der Waals surface area contributed by atoms with Crippen molar-refractivity contribution in [1.29, 1.82) is 0 Å². The smallest absolute Gasteiger partial charge is 0.318 e. The quantitative estimate of drug-likeness (QED) is 0.823. The van der Waals surface area contributed by atoms with Gasteiger partial charge in [0, 0.05) is 13.5 Å². The molecule has 1 N–H and O–H groups in total. The minimum atomic E-state index is -0.424. The molecule has 0 spiro atoms. The number of urea groups is 1. The zero-order valence-electron chi connectivity index (χ0n) is 16.9. The number of carbonyl (C=O) groups is 1. The number of benzene rings is 1. The lowest BCUT2D eigenvalue weighted by Gasteiger charge is -2.38. The van der Waals surface area contributed by atoms with Gasteiger partial charge in [-0.15, -0.1) is 10.2 Å². The largest absolute Gasteiger partial charge is 0.489 e. The highest BCUT2D eigenvalue weighted by atomic mass is 16.5. The summed E-state index contributed by atoms with van der Waals surface area (Å²) < 4.78 is 11.6. The number of amides is 2. The number of aryl methyl sites for hydroxylation is 1. The topological polar surface area (TPSA) is 80.5 Å². The van der Waals surface area contributed by atoms with Crippen molar-refractivity contribution in [2.75, 3.05) is 13.1 Å². The zero-order valence-corrected chi connectivity index (χ0v) is 16.9. The Morgan fingerprint density at radius 2 is 2.00 bits per heavy atom. The van der Waals surface area contributed by atoms with Gasteiger partial charge in [0.2, 0.25) is 11.8 Å². The van der Waals surface area contributed by atoms with Crippen LogP contribution in [0.25, 0.3) is 0 Å². The number of carbonyl (C=O) groups excluding carboxylic acids is 1. The number of nitrogens with one attached hydrogen (secondary N) is 1. The molecule has 5 rings (SSSR count). The molecule has 150 valence electrons. The molecule has 7 nitrogen and oxygen atoms in total. The Labute approximate surface area is 165 Å². The van der Waals surface area contributed by atoms with Crippen molar-refractivity contribution in [3.63, 3.8) is 0 Å². The van der Waals surface area contributed by atoms with Gasteiger partial charge >= 0.3 is 6.03 Å². The Hall–Kier alpha value is -2.57. The highest BCUT2D eigenvalue weighted by Crippen LogP contribution is 2.56. The van der Waals surface area contributed by atoms with Gasteiger partial charge in [0.05, 0.1) is 6.54 Å². The first-order valence-electron chi connectivity index (χ1n) is 10.00. The van der Waals surface area contributed by atoms with Crippen LogP contribution < -0.4 is 10.1 Å². The molecule has 1 saturated carbocycles. The summed E-state index contributed by atoms with van der Waals surface area (Å²) in [5, 5.41) is 11.1. The maximum absolute atomic E-state index is 12.8. The lowest BCUT2D eigenvalue weighted by molar-refractivity contribution is 0.0890. The van der Waals surface area contributed by atoms with E-state index in [1.807, 2.05) is 24.0 Å². The first-order chi connectivity index (χ1) is 13.4. The van der Waals surface area contributed by atoms with E-state index in [4.69, 9.17) is 9.15 Å². The van der Waals surface area contributed by atoms with Gasteiger partial charge < -0.3 is 19.4 Å². The molecule has 2 bridgehead atoms. The summed E-state index contributed by atoms with van der Waals surface area (Å²) in [7, 11) is 0. The maximum atomic E-state index is 12.8. The highest BCUT2D eigenvalue weighted by Gasteiger charge is 2.62.